The molecule has 0 aliphatic carbocycles. The predicted octanol–water partition coefficient (Wildman–Crippen LogP) is 6.15. The van der Waals surface area contributed by atoms with E-state index in [4.69, 9.17) is 62.7 Å². The van der Waals surface area contributed by atoms with Crippen molar-refractivity contribution < 1.29 is 23.9 Å². The fraction of sp³-hybridized carbons (Fsp3) is 0.273. The highest BCUT2D eigenvalue weighted by atomic mass is 35.5. The molecule has 0 spiro atoms. The van der Waals surface area contributed by atoms with Crippen molar-refractivity contribution in [1.82, 2.24) is 4.90 Å². The van der Waals surface area contributed by atoms with Gasteiger partial charge >= 0.3 is 5.97 Å². The van der Waals surface area contributed by atoms with Gasteiger partial charge in [-0.15, -0.1) is 0 Å². The number of hydrogen-bond acceptors (Lipinski definition) is 5. The van der Waals surface area contributed by atoms with Gasteiger partial charge in [0, 0.05) is 0 Å². The summed E-state index contributed by atoms with van der Waals surface area (Å²) in [7, 11) is 0. The summed E-state index contributed by atoms with van der Waals surface area (Å²) in [5.74, 6) is -3.47. The fourth-order valence-electron chi connectivity index (χ4n) is 3.38. The third-order valence-corrected chi connectivity index (χ3v) is 7.04. The minimum Gasteiger partial charge on any atom is -0.454 e. The monoisotopic (exact) mass is 564 g/mol. The summed E-state index contributed by atoms with van der Waals surface area (Å²) in [6.07, 6.45) is 0.0626. The summed E-state index contributed by atoms with van der Waals surface area (Å²) in [4.78, 5) is 52.2. The average molecular weight is 567 g/mol. The Morgan fingerprint density at radius 3 is 1.94 bits per heavy atom. The number of amides is 3. The Morgan fingerprint density at radius 1 is 0.912 bits per heavy atom. The first-order valence-electron chi connectivity index (χ1n) is 9.90. The van der Waals surface area contributed by atoms with E-state index in [9.17, 15) is 19.2 Å². The minimum absolute atomic E-state index is 0.0626. The second-order valence-corrected chi connectivity index (χ2v) is 9.69. The van der Waals surface area contributed by atoms with Crippen molar-refractivity contribution in [3.8, 4) is 0 Å². The highest BCUT2D eigenvalue weighted by molar-refractivity contribution is 6.55. The smallest absolute Gasteiger partial charge is 0.329 e. The largest absolute Gasteiger partial charge is 0.454 e. The second kappa shape index (κ2) is 10.7. The standard InChI is InChI=1S/C22H17Cl5N2O5/c1-9(2)7-12(22(33)34-8-13(30)28-11-6-4-3-5-10(11)23)29-20(31)14-15(21(29)32)17(25)19(27)18(26)16(14)24/h3-6,9,12H,7-8H2,1-2H3,(H,28,30)/t12-/m1/s1. The van der Waals surface area contributed by atoms with Gasteiger partial charge in [-0.25, -0.2) is 4.79 Å². The molecule has 7 nitrogen and oxygen atoms in total. The fourth-order valence-corrected chi connectivity index (χ4v) is 4.58. The van der Waals surface area contributed by atoms with Crippen LogP contribution in [0.2, 0.25) is 25.1 Å². The molecular weight excluding hydrogens is 550 g/mol. The first-order valence-corrected chi connectivity index (χ1v) is 11.8. The van der Waals surface area contributed by atoms with Crippen LogP contribution in [0.25, 0.3) is 0 Å². The Bertz CT molecular complexity index is 1150. The van der Waals surface area contributed by atoms with Crippen LogP contribution in [-0.2, 0) is 14.3 Å². The molecule has 1 atom stereocenters. The van der Waals surface area contributed by atoms with Crippen molar-refractivity contribution in [3.05, 3.63) is 60.5 Å². The molecule has 180 valence electrons. The van der Waals surface area contributed by atoms with E-state index in [2.05, 4.69) is 5.32 Å². The van der Waals surface area contributed by atoms with Crippen LogP contribution in [0.3, 0.4) is 0 Å². The summed E-state index contributed by atoms with van der Waals surface area (Å²) in [5.41, 5.74) is -0.157. The molecule has 34 heavy (non-hydrogen) atoms. The van der Waals surface area contributed by atoms with Gasteiger partial charge in [0.25, 0.3) is 17.7 Å². The number of anilines is 1. The van der Waals surface area contributed by atoms with Crippen LogP contribution in [0, 0.1) is 5.92 Å². The molecule has 0 radical (unpaired) electrons. The normalized spacial score (nSPS) is 13.8. The molecule has 0 fully saturated rings. The van der Waals surface area contributed by atoms with Crippen LogP contribution in [0.5, 0.6) is 0 Å². The average Bonchev–Trinajstić information content (AvgIpc) is 3.04. The zero-order valence-electron chi connectivity index (χ0n) is 17.8. The zero-order chi connectivity index (χ0) is 25.3. The van der Waals surface area contributed by atoms with Crippen LogP contribution in [-0.4, -0.2) is 41.2 Å². The van der Waals surface area contributed by atoms with Crippen LogP contribution >= 0.6 is 58.0 Å². The van der Waals surface area contributed by atoms with Crippen molar-refractivity contribution in [2.24, 2.45) is 5.92 Å². The molecular formula is C22H17Cl5N2O5. The molecule has 1 heterocycles. The number of para-hydroxylation sites is 1. The van der Waals surface area contributed by atoms with E-state index in [-0.39, 0.29) is 43.6 Å². The lowest BCUT2D eigenvalue weighted by atomic mass is 10.0. The number of hydrogen-bond donors (Lipinski definition) is 1. The molecule has 0 aromatic heterocycles. The quantitative estimate of drug-likeness (QED) is 0.188. The van der Waals surface area contributed by atoms with Gasteiger partial charge in [0.1, 0.15) is 6.04 Å². The predicted molar refractivity (Wildman–Crippen MR) is 131 cm³/mol. The maximum atomic E-state index is 13.1. The molecule has 0 unspecified atom stereocenters. The van der Waals surface area contributed by atoms with Crippen LogP contribution in [0.15, 0.2) is 24.3 Å². The van der Waals surface area contributed by atoms with Crippen molar-refractivity contribution >= 4 is 87.4 Å². The maximum Gasteiger partial charge on any atom is 0.329 e. The number of esters is 1. The Balaban J connectivity index is 1.83. The molecule has 1 N–H and O–H groups in total. The van der Waals surface area contributed by atoms with E-state index in [1.54, 1.807) is 38.1 Å². The molecule has 1 aliphatic rings. The van der Waals surface area contributed by atoms with E-state index in [1.165, 1.54) is 0 Å². The van der Waals surface area contributed by atoms with Gasteiger partial charge in [0.15, 0.2) is 6.61 Å². The minimum atomic E-state index is -1.34. The third kappa shape index (κ3) is 5.14. The lowest BCUT2D eigenvalue weighted by Crippen LogP contribution is -2.47. The Hall–Kier alpha value is -2.03. The van der Waals surface area contributed by atoms with Gasteiger partial charge in [0.05, 0.1) is 41.9 Å². The number of imide groups is 1. The van der Waals surface area contributed by atoms with Crippen molar-refractivity contribution in [2.45, 2.75) is 26.3 Å². The molecule has 1 aliphatic heterocycles. The summed E-state index contributed by atoms with van der Waals surface area (Å²) in [6.45, 7) is 2.91. The number of rotatable bonds is 7. The van der Waals surface area contributed by atoms with Crippen molar-refractivity contribution in [2.75, 3.05) is 11.9 Å². The van der Waals surface area contributed by atoms with Crippen LogP contribution in [0.4, 0.5) is 5.69 Å². The first kappa shape index (κ1) is 26.6. The summed E-state index contributed by atoms with van der Waals surface area (Å²) in [5, 5.41) is 1.95. The lowest BCUT2D eigenvalue weighted by molar-refractivity contribution is -0.151. The van der Waals surface area contributed by atoms with Gasteiger partial charge in [0.2, 0.25) is 0 Å². The number of halogens is 5. The number of benzene rings is 2. The van der Waals surface area contributed by atoms with Gasteiger partial charge in [-0.2, -0.15) is 0 Å². The van der Waals surface area contributed by atoms with E-state index in [0.717, 1.165) is 0 Å². The highest BCUT2D eigenvalue weighted by Crippen LogP contribution is 2.45. The lowest BCUT2D eigenvalue weighted by Gasteiger charge is -2.26. The number of nitrogens with zero attached hydrogens (tertiary/aromatic N) is 1. The molecule has 3 amide bonds. The van der Waals surface area contributed by atoms with Gasteiger partial charge in [-0.1, -0.05) is 84.0 Å². The van der Waals surface area contributed by atoms with Gasteiger partial charge in [-0.3, -0.25) is 19.3 Å². The molecule has 0 saturated carbocycles. The Kier molecular flexibility index (Phi) is 8.37. The van der Waals surface area contributed by atoms with E-state index in [1.807, 2.05) is 0 Å². The second-order valence-electron chi connectivity index (χ2n) is 7.77. The number of ether oxygens (including phenoxy) is 1. The molecule has 0 bridgehead atoms. The molecule has 12 heteroatoms. The van der Waals surface area contributed by atoms with Crippen molar-refractivity contribution in [3.63, 3.8) is 0 Å². The number of carbonyl (C=O) groups is 4. The summed E-state index contributed by atoms with van der Waals surface area (Å²) >= 11 is 30.4. The van der Waals surface area contributed by atoms with Crippen LogP contribution < -0.4 is 5.32 Å². The number of carbonyl (C=O) groups excluding carboxylic acids is 4. The van der Waals surface area contributed by atoms with Crippen LogP contribution in [0.1, 0.15) is 41.0 Å². The summed E-state index contributed by atoms with van der Waals surface area (Å²) in [6, 6.07) is 5.18. The third-order valence-electron chi connectivity index (χ3n) is 4.90. The Labute approximate surface area is 220 Å². The highest BCUT2D eigenvalue weighted by Gasteiger charge is 2.47. The SMILES string of the molecule is CC(C)C[C@H](C(=O)OCC(=O)Nc1ccccc1Cl)N1C(=O)c2c(Cl)c(Cl)c(Cl)c(Cl)c2C1=O. The van der Waals surface area contributed by atoms with E-state index < -0.39 is 36.3 Å². The molecule has 0 saturated heterocycles. The molecule has 2 aromatic carbocycles. The maximum absolute atomic E-state index is 13.1. The van der Waals surface area contributed by atoms with Crippen molar-refractivity contribution in [1.29, 1.82) is 0 Å². The zero-order valence-corrected chi connectivity index (χ0v) is 21.5. The topological polar surface area (TPSA) is 92.8 Å². The Morgan fingerprint density at radius 2 is 1.44 bits per heavy atom. The first-order chi connectivity index (χ1) is 16.0. The molecule has 3 rings (SSSR count). The number of fused-ring (bicyclic) bond motifs is 1. The van der Waals surface area contributed by atoms with E-state index >= 15 is 0 Å². The van der Waals surface area contributed by atoms with Gasteiger partial charge < -0.3 is 10.1 Å². The number of nitrogens with one attached hydrogen (secondary N) is 1. The van der Waals surface area contributed by atoms with Gasteiger partial charge in [-0.05, 0) is 24.5 Å². The molecule has 2 aromatic rings. The summed E-state index contributed by atoms with van der Waals surface area (Å²) < 4.78 is 5.14. The van der Waals surface area contributed by atoms with E-state index in [0.29, 0.717) is 15.6 Å².